The van der Waals surface area contributed by atoms with E-state index in [4.69, 9.17) is 16.3 Å². The number of aromatic amines is 1. The van der Waals surface area contributed by atoms with Crippen molar-refractivity contribution in [3.8, 4) is 11.3 Å². The van der Waals surface area contributed by atoms with E-state index in [2.05, 4.69) is 10.2 Å². The van der Waals surface area contributed by atoms with Crippen molar-refractivity contribution in [1.29, 1.82) is 0 Å². The van der Waals surface area contributed by atoms with Crippen molar-refractivity contribution in [3.63, 3.8) is 0 Å². The molecule has 1 aromatic carbocycles. The molecule has 1 N–H and O–H groups in total. The number of rotatable bonds is 3. The Morgan fingerprint density at radius 1 is 1.39 bits per heavy atom. The molecule has 0 atom stereocenters. The summed E-state index contributed by atoms with van der Waals surface area (Å²) in [5.74, 6) is 0.331. The molecule has 0 saturated carbocycles. The average Bonchev–Trinajstić information content (AvgIpc) is 2.96. The molecule has 5 nitrogen and oxygen atoms in total. The largest absolute Gasteiger partial charge is 0.449 e. The van der Waals surface area contributed by atoms with Gasteiger partial charge in [0.1, 0.15) is 0 Å². The van der Waals surface area contributed by atoms with Crippen LogP contribution in [0, 0.1) is 5.92 Å². The lowest BCUT2D eigenvalue weighted by molar-refractivity contribution is 0.0879. The molecule has 1 amide bonds. The van der Waals surface area contributed by atoms with Crippen LogP contribution in [0.15, 0.2) is 24.3 Å². The van der Waals surface area contributed by atoms with Gasteiger partial charge in [0.05, 0.1) is 18.8 Å². The Balaban J connectivity index is 1.78. The van der Waals surface area contributed by atoms with Crippen molar-refractivity contribution < 1.29 is 9.53 Å². The van der Waals surface area contributed by atoms with Gasteiger partial charge in [-0.05, 0) is 18.1 Å². The first-order valence-electron chi connectivity index (χ1n) is 7.78. The van der Waals surface area contributed by atoms with Crippen LogP contribution in [0.4, 0.5) is 4.79 Å². The summed E-state index contributed by atoms with van der Waals surface area (Å²) >= 11 is 5.94. The summed E-state index contributed by atoms with van der Waals surface area (Å²) in [6.07, 6.45) is 0.500. The Morgan fingerprint density at radius 3 is 2.83 bits per heavy atom. The second-order valence-electron chi connectivity index (χ2n) is 6.18. The lowest BCUT2D eigenvalue weighted by atomic mass is 10.0. The number of carbonyl (C=O) groups is 1. The minimum Gasteiger partial charge on any atom is -0.449 e. The molecule has 122 valence electrons. The van der Waals surface area contributed by atoms with Gasteiger partial charge in [-0.25, -0.2) is 4.79 Å². The maximum absolute atomic E-state index is 12.2. The number of hydrogen-bond acceptors (Lipinski definition) is 3. The van der Waals surface area contributed by atoms with E-state index >= 15 is 0 Å². The number of benzene rings is 1. The fourth-order valence-corrected chi connectivity index (χ4v) is 2.75. The van der Waals surface area contributed by atoms with E-state index in [1.165, 1.54) is 0 Å². The van der Waals surface area contributed by atoms with Gasteiger partial charge in [-0.2, -0.15) is 5.10 Å². The number of fused-ring (bicyclic) bond motifs is 1. The number of hydrogen-bond donors (Lipinski definition) is 1. The summed E-state index contributed by atoms with van der Waals surface area (Å²) in [7, 11) is 0. The standard InChI is InChI=1S/C17H20ClN3O2/c1-11(2)10-23-17(22)21-8-7-15-14(9-21)16(20-19-15)12-3-5-13(18)6-4-12/h3-6,11H,7-10H2,1-2H3,(H,19,20). The van der Waals surface area contributed by atoms with Crippen molar-refractivity contribution in [1.82, 2.24) is 15.1 Å². The molecule has 2 aromatic rings. The molecule has 6 heteroatoms. The van der Waals surface area contributed by atoms with Crippen molar-refractivity contribution in [3.05, 3.63) is 40.5 Å². The lowest BCUT2D eigenvalue weighted by Crippen LogP contribution is -2.36. The third-order valence-corrected chi connectivity index (χ3v) is 4.10. The molecule has 0 unspecified atom stereocenters. The van der Waals surface area contributed by atoms with E-state index in [1.807, 2.05) is 38.1 Å². The number of carbonyl (C=O) groups excluding carboxylic acids is 1. The van der Waals surface area contributed by atoms with E-state index < -0.39 is 0 Å². The average molecular weight is 334 g/mol. The van der Waals surface area contributed by atoms with Gasteiger partial charge in [-0.3, -0.25) is 5.10 Å². The minimum atomic E-state index is -0.257. The van der Waals surface area contributed by atoms with Crippen LogP contribution in [0.3, 0.4) is 0 Å². The van der Waals surface area contributed by atoms with Crippen LogP contribution in [-0.4, -0.2) is 34.3 Å². The normalized spacial score (nSPS) is 14.0. The molecule has 3 rings (SSSR count). The molecular weight excluding hydrogens is 314 g/mol. The molecule has 0 aliphatic carbocycles. The first-order valence-corrected chi connectivity index (χ1v) is 8.16. The molecule has 0 fully saturated rings. The zero-order valence-corrected chi connectivity index (χ0v) is 14.1. The maximum atomic E-state index is 12.2. The second-order valence-corrected chi connectivity index (χ2v) is 6.61. The van der Waals surface area contributed by atoms with E-state index in [1.54, 1.807) is 4.90 Å². The van der Waals surface area contributed by atoms with Crippen LogP contribution in [0.2, 0.25) is 5.02 Å². The number of aromatic nitrogens is 2. The highest BCUT2D eigenvalue weighted by Gasteiger charge is 2.26. The molecular formula is C17H20ClN3O2. The molecule has 0 radical (unpaired) electrons. The van der Waals surface area contributed by atoms with Gasteiger partial charge in [0.2, 0.25) is 0 Å². The summed E-state index contributed by atoms with van der Waals surface area (Å²) in [5, 5.41) is 8.20. The van der Waals surface area contributed by atoms with Crippen LogP contribution in [0.5, 0.6) is 0 Å². The third kappa shape index (κ3) is 3.50. The van der Waals surface area contributed by atoms with Gasteiger partial charge in [0, 0.05) is 34.8 Å². The summed E-state index contributed by atoms with van der Waals surface area (Å²) in [6, 6.07) is 7.56. The molecule has 1 aliphatic rings. The molecule has 0 saturated heterocycles. The van der Waals surface area contributed by atoms with Crippen molar-refractivity contribution >= 4 is 17.7 Å². The van der Waals surface area contributed by atoms with Gasteiger partial charge in [-0.1, -0.05) is 37.6 Å². The smallest absolute Gasteiger partial charge is 0.410 e. The zero-order valence-electron chi connectivity index (χ0n) is 13.3. The van der Waals surface area contributed by atoms with Gasteiger partial charge < -0.3 is 9.64 Å². The monoisotopic (exact) mass is 333 g/mol. The lowest BCUT2D eigenvalue weighted by Gasteiger charge is -2.26. The molecule has 23 heavy (non-hydrogen) atoms. The van der Waals surface area contributed by atoms with Crippen LogP contribution in [0.25, 0.3) is 11.3 Å². The number of amides is 1. The van der Waals surface area contributed by atoms with Crippen LogP contribution >= 0.6 is 11.6 Å². The Labute approximate surface area is 140 Å². The summed E-state index contributed by atoms with van der Waals surface area (Å²) in [4.78, 5) is 13.9. The first kappa shape index (κ1) is 15.9. The fourth-order valence-electron chi connectivity index (χ4n) is 2.63. The second kappa shape index (κ2) is 6.62. The number of nitrogens with zero attached hydrogens (tertiary/aromatic N) is 2. The Morgan fingerprint density at radius 2 is 2.13 bits per heavy atom. The van der Waals surface area contributed by atoms with Crippen molar-refractivity contribution in [2.75, 3.05) is 13.2 Å². The number of H-pyrrole nitrogens is 1. The highest BCUT2D eigenvalue weighted by molar-refractivity contribution is 6.30. The summed E-state index contributed by atoms with van der Waals surface area (Å²) < 4.78 is 5.33. The first-order chi connectivity index (χ1) is 11.0. The van der Waals surface area contributed by atoms with Crippen LogP contribution in [-0.2, 0) is 17.7 Å². The minimum absolute atomic E-state index is 0.257. The molecule has 2 heterocycles. The highest BCUT2D eigenvalue weighted by atomic mass is 35.5. The SMILES string of the molecule is CC(C)COC(=O)N1CCc2[nH]nc(-c3ccc(Cl)cc3)c2C1. The topological polar surface area (TPSA) is 58.2 Å². The Hall–Kier alpha value is -2.01. The van der Waals surface area contributed by atoms with E-state index in [0.717, 1.165) is 28.9 Å². The Kier molecular flexibility index (Phi) is 4.57. The molecule has 0 bridgehead atoms. The van der Waals surface area contributed by atoms with Crippen molar-refractivity contribution in [2.45, 2.75) is 26.8 Å². The number of nitrogens with one attached hydrogen (secondary N) is 1. The van der Waals surface area contributed by atoms with E-state index in [-0.39, 0.29) is 6.09 Å². The number of ether oxygens (including phenoxy) is 1. The molecule has 1 aromatic heterocycles. The van der Waals surface area contributed by atoms with Gasteiger partial charge in [0.25, 0.3) is 0 Å². The van der Waals surface area contributed by atoms with Crippen LogP contribution < -0.4 is 0 Å². The highest BCUT2D eigenvalue weighted by Crippen LogP contribution is 2.29. The predicted octanol–water partition coefficient (Wildman–Crippen LogP) is 3.88. The summed E-state index contributed by atoms with van der Waals surface area (Å²) in [6.45, 7) is 5.65. The summed E-state index contributed by atoms with van der Waals surface area (Å²) in [5.41, 5.74) is 4.00. The van der Waals surface area contributed by atoms with Gasteiger partial charge >= 0.3 is 6.09 Å². The van der Waals surface area contributed by atoms with Gasteiger partial charge in [0.15, 0.2) is 0 Å². The van der Waals surface area contributed by atoms with Crippen LogP contribution in [0.1, 0.15) is 25.1 Å². The van der Waals surface area contributed by atoms with Gasteiger partial charge in [-0.15, -0.1) is 0 Å². The van der Waals surface area contributed by atoms with E-state index in [0.29, 0.717) is 30.6 Å². The number of halogens is 1. The third-order valence-electron chi connectivity index (χ3n) is 3.85. The maximum Gasteiger partial charge on any atom is 0.410 e. The molecule has 0 spiro atoms. The molecule has 1 aliphatic heterocycles. The Bertz CT molecular complexity index is 694. The fraction of sp³-hybridized carbons (Fsp3) is 0.412. The quantitative estimate of drug-likeness (QED) is 0.927. The van der Waals surface area contributed by atoms with Crippen molar-refractivity contribution in [2.24, 2.45) is 5.92 Å². The predicted molar refractivity (Wildman–Crippen MR) is 89.3 cm³/mol. The zero-order chi connectivity index (χ0) is 16.4. The van der Waals surface area contributed by atoms with E-state index in [9.17, 15) is 4.79 Å².